The molecular weight excluding hydrogens is 330 g/mol. The number of esters is 1. The number of carbonyl (C=O) groups is 1. The molecule has 4 nitrogen and oxygen atoms in total. The SMILES string of the molecule is Nc1ccsc1C(=O)OCCOc1cccc(Br)c1. The summed E-state index contributed by atoms with van der Waals surface area (Å²) in [5.41, 5.74) is 6.07. The molecule has 2 N–H and O–H groups in total. The number of carbonyl (C=O) groups excluding carboxylic acids is 1. The third-order valence-corrected chi connectivity index (χ3v) is 3.67. The Morgan fingerprint density at radius 3 is 2.84 bits per heavy atom. The lowest BCUT2D eigenvalue weighted by Gasteiger charge is -2.07. The van der Waals surface area contributed by atoms with Gasteiger partial charge in [0, 0.05) is 4.47 Å². The second-order valence-corrected chi connectivity index (χ2v) is 5.48. The number of ether oxygens (including phenoxy) is 2. The highest BCUT2D eigenvalue weighted by Crippen LogP contribution is 2.20. The summed E-state index contributed by atoms with van der Waals surface area (Å²) in [6, 6.07) is 9.15. The van der Waals surface area contributed by atoms with Gasteiger partial charge in [0.1, 0.15) is 23.8 Å². The third-order valence-electron chi connectivity index (χ3n) is 2.26. The predicted octanol–water partition coefficient (Wildman–Crippen LogP) is 3.33. The van der Waals surface area contributed by atoms with E-state index in [1.165, 1.54) is 11.3 Å². The average Bonchev–Trinajstić information content (AvgIpc) is 2.81. The van der Waals surface area contributed by atoms with Crippen molar-refractivity contribution in [1.82, 2.24) is 0 Å². The quantitative estimate of drug-likeness (QED) is 0.669. The van der Waals surface area contributed by atoms with Crippen molar-refractivity contribution in [2.24, 2.45) is 0 Å². The van der Waals surface area contributed by atoms with E-state index in [4.69, 9.17) is 15.2 Å². The van der Waals surface area contributed by atoms with Crippen LogP contribution in [0.4, 0.5) is 5.69 Å². The summed E-state index contributed by atoms with van der Waals surface area (Å²) in [5.74, 6) is 0.311. The van der Waals surface area contributed by atoms with Crippen LogP contribution in [0.5, 0.6) is 5.75 Å². The van der Waals surface area contributed by atoms with Crippen LogP contribution in [0.15, 0.2) is 40.2 Å². The summed E-state index contributed by atoms with van der Waals surface area (Å²) in [6.07, 6.45) is 0. The molecule has 0 spiro atoms. The van der Waals surface area contributed by atoms with E-state index in [2.05, 4.69) is 15.9 Å². The number of rotatable bonds is 5. The second kappa shape index (κ2) is 6.58. The Kier molecular flexibility index (Phi) is 4.81. The summed E-state index contributed by atoms with van der Waals surface area (Å²) in [6.45, 7) is 0.482. The largest absolute Gasteiger partial charge is 0.490 e. The maximum atomic E-state index is 11.6. The Hall–Kier alpha value is -1.53. The molecule has 1 aromatic carbocycles. The van der Waals surface area contributed by atoms with Gasteiger partial charge in [-0.3, -0.25) is 0 Å². The van der Waals surface area contributed by atoms with Gasteiger partial charge < -0.3 is 15.2 Å². The first-order valence-electron chi connectivity index (χ1n) is 5.55. The van der Waals surface area contributed by atoms with Crippen LogP contribution in [-0.4, -0.2) is 19.2 Å². The number of hydrogen-bond donors (Lipinski definition) is 1. The van der Waals surface area contributed by atoms with Crippen LogP contribution in [0, 0.1) is 0 Å². The Morgan fingerprint density at radius 2 is 2.16 bits per heavy atom. The molecule has 1 heterocycles. The zero-order chi connectivity index (χ0) is 13.7. The minimum Gasteiger partial charge on any atom is -0.490 e. The van der Waals surface area contributed by atoms with Crippen LogP contribution in [0.25, 0.3) is 0 Å². The maximum Gasteiger partial charge on any atom is 0.350 e. The molecule has 0 saturated carbocycles. The Labute approximate surface area is 123 Å². The minimum absolute atomic E-state index is 0.183. The van der Waals surface area contributed by atoms with E-state index >= 15 is 0 Å². The third kappa shape index (κ3) is 3.97. The lowest BCUT2D eigenvalue weighted by Crippen LogP contribution is -2.12. The highest BCUT2D eigenvalue weighted by Gasteiger charge is 2.12. The zero-order valence-corrected chi connectivity index (χ0v) is 12.4. The van der Waals surface area contributed by atoms with E-state index in [1.807, 2.05) is 24.3 Å². The highest BCUT2D eigenvalue weighted by atomic mass is 79.9. The maximum absolute atomic E-state index is 11.6. The molecule has 0 aliphatic heterocycles. The Balaban J connectivity index is 1.75. The number of hydrogen-bond acceptors (Lipinski definition) is 5. The van der Waals surface area contributed by atoms with Gasteiger partial charge in [0.15, 0.2) is 0 Å². The molecule has 1 aromatic heterocycles. The smallest absolute Gasteiger partial charge is 0.350 e. The summed E-state index contributed by atoms with van der Waals surface area (Å²) in [5, 5.41) is 1.75. The molecule has 0 radical (unpaired) electrons. The van der Waals surface area contributed by atoms with Crippen LogP contribution in [-0.2, 0) is 4.74 Å². The van der Waals surface area contributed by atoms with Crippen LogP contribution >= 0.6 is 27.3 Å². The lowest BCUT2D eigenvalue weighted by molar-refractivity contribution is 0.0457. The van der Waals surface area contributed by atoms with Gasteiger partial charge in [-0.05, 0) is 29.6 Å². The van der Waals surface area contributed by atoms with Crippen molar-refractivity contribution in [3.8, 4) is 5.75 Å². The van der Waals surface area contributed by atoms with Crippen molar-refractivity contribution in [2.75, 3.05) is 18.9 Å². The van der Waals surface area contributed by atoms with Crippen molar-refractivity contribution < 1.29 is 14.3 Å². The molecule has 0 saturated heterocycles. The molecule has 2 aromatic rings. The van der Waals surface area contributed by atoms with E-state index in [0.717, 1.165) is 10.2 Å². The van der Waals surface area contributed by atoms with Crippen molar-refractivity contribution in [1.29, 1.82) is 0 Å². The monoisotopic (exact) mass is 341 g/mol. The van der Waals surface area contributed by atoms with E-state index < -0.39 is 5.97 Å². The van der Waals surface area contributed by atoms with Crippen molar-refractivity contribution in [2.45, 2.75) is 0 Å². The Bertz CT molecular complexity index is 571. The van der Waals surface area contributed by atoms with Crippen molar-refractivity contribution in [3.05, 3.63) is 45.1 Å². The first-order chi connectivity index (χ1) is 9.16. The Morgan fingerprint density at radius 1 is 1.32 bits per heavy atom. The van der Waals surface area contributed by atoms with E-state index in [0.29, 0.717) is 17.2 Å². The summed E-state index contributed by atoms with van der Waals surface area (Å²) in [4.78, 5) is 12.1. The number of benzene rings is 1. The minimum atomic E-state index is -0.412. The molecule has 0 bridgehead atoms. The van der Waals surface area contributed by atoms with Gasteiger partial charge >= 0.3 is 5.97 Å². The van der Waals surface area contributed by atoms with Crippen LogP contribution in [0.1, 0.15) is 9.67 Å². The van der Waals surface area contributed by atoms with Gasteiger partial charge in [-0.15, -0.1) is 11.3 Å². The topological polar surface area (TPSA) is 61.6 Å². The second-order valence-electron chi connectivity index (χ2n) is 3.65. The molecule has 0 atom stereocenters. The zero-order valence-electron chi connectivity index (χ0n) is 9.97. The number of thiophene rings is 1. The summed E-state index contributed by atoms with van der Waals surface area (Å²) < 4.78 is 11.5. The predicted molar refractivity (Wildman–Crippen MR) is 78.7 cm³/mol. The first-order valence-corrected chi connectivity index (χ1v) is 7.22. The lowest BCUT2D eigenvalue weighted by atomic mass is 10.3. The van der Waals surface area contributed by atoms with Gasteiger partial charge in [-0.1, -0.05) is 22.0 Å². The van der Waals surface area contributed by atoms with Crippen LogP contribution in [0.2, 0.25) is 0 Å². The molecule has 100 valence electrons. The van der Waals surface area contributed by atoms with Crippen LogP contribution < -0.4 is 10.5 Å². The molecule has 0 amide bonds. The average molecular weight is 342 g/mol. The highest BCUT2D eigenvalue weighted by molar-refractivity contribution is 9.10. The summed E-state index contributed by atoms with van der Waals surface area (Å²) >= 11 is 4.62. The molecule has 0 unspecified atom stereocenters. The number of anilines is 1. The van der Waals surface area contributed by atoms with E-state index in [-0.39, 0.29) is 6.61 Å². The van der Waals surface area contributed by atoms with Gasteiger partial charge in [-0.25, -0.2) is 4.79 Å². The number of nitrogens with two attached hydrogens (primary N) is 1. The fourth-order valence-corrected chi connectivity index (χ4v) is 2.49. The van der Waals surface area contributed by atoms with E-state index in [9.17, 15) is 4.79 Å². The molecule has 0 aliphatic carbocycles. The van der Waals surface area contributed by atoms with Crippen LogP contribution in [0.3, 0.4) is 0 Å². The van der Waals surface area contributed by atoms with Gasteiger partial charge in [0.05, 0.1) is 5.69 Å². The molecule has 2 rings (SSSR count). The van der Waals surface area contributed by atoms with Crippen molar-refractivity contribution in [3.63, 3.8) is 0 Å². The van der Waals surface area contributed by atoms with Gasteiger partial charge in [0.25, 0.3) is 0 Å². The standard InChI is InChI=1S/C13H12BrNO3S/c14-9-2-1-3-10(8-9)17-5-6-18-13(16)12-11(15)4-7-19-12/h1-4,7-8H,5-6,15H2. The molecule has 19 heavy (non-hydrogen) atoms. The number of halogens is 1. The van der Waals surface area contributed by atoms with Gasteiger partial charge in [-0.2, -0.15) is 0 Å². The molecule has 0 fully saturated rings. The van der Waals surface area contributed by atoms with Crippen molar-refractivity contribution >= 4 is 38.9 Å². The molecular formula is C13H12BrNO3S. The van der Waals surface area contributed by atoms with Gasteiger partial charge in [0.2, 0.25) is 0 Å². The van der Waals surface area contributed by atoms with E-state index in [1.54, 1.807) is 11.4 Å². The molecule has 6 heteroatoms. The molecule has 0 aliphatic rings. The fraction of sp³-hybridized carbons (Fsp3) is 0.154. The fourth-order valence-electron chi connectivity index (χ4n) is 1.40. The number of nitrogen functional groups attached to an aromatic ring is 1. The first kappa shape index (κ1) is 13.9. The normalized spacial score (nSPS) is 10.2. The summed E-state index contributed by atoms with van der Waals surface area (Å²) in [7, 11) is 0.